The van der Waals surface area contributed by atoms with Crippen molar-refractivity contribution in [3.05, 3.63) is 58.9 Å². The lowest BCUT2D eigenvalue weighted by atomic mass is 10.1. The summed E-state index contributed by atoms with van der Waals surface area (Å²) in [5, 5.41) is 6.73. The van der Waals surface area contributed by atoms with Crippen molar-refractivity contribution in [2.75, 3.05) is 13.1 Å². The summed E-state index contributed by atoms with van der Waals surface area (Å²) in [7, 11) is 0. The number of ether oxygens (including phenoxy) is 1. The molecule has 0 unspecified atom stereocenters. The van der Waals surface area contributed by atoms with Gasteiger partial charge in [-0.15, -0.1) is 12.4 Å². The van der Waals surface area contributed by atoms with Gasteiger partial charge in [-0.3, -0.25) is 4.79 Å². The summed E-state index contributed by atoms with van der Waals surface area (Å²) in [4.78, 5) is 12.6. The van der Waals surface area contributed by atoms with Crippen molar-refractivity contribution in [3.8, 4) is 11.5 Å². The lowest BCUT2D eigenvalue weighted by Gasteiger charge is -2.24. The van der Waals surface area contributed by atoms with E-state index >= 15 is 0 Å². The van der Waals surface area contributed by atoms with E-state index in [1.165, 1.54) is 24.3 Å². The van der Waals surface area contributed by atoms with E-state index in [4.69, 9.17) is 16.3 Å². The molecule has 25 heavy (non-hydrogen) atoms. The summed E-state index contributed by atoms with van der Waals surface area (Å²) in [6.07, 6.45) is 1.78. The van der Waals surface area contributed by atoms with E-state index in [2.05, 4.69) is 10.6 Å². The predicted molar refractivity (Wildman–Crippen MR) is 98.5 cm³/mol. The molecule has 0 saturated carbocycles. The largest absolute Gasteiger partial charge is 0.457 e. The van der Waals surface area contributed by atoms with Crippen molar-refractivity contribution in [1.29, 1.82) is 0 Å². The fourth-order valence-electron chi connectivity index (χ4n) is 2.63. The van der Waals surface area contributed by atoms with Gasteiger partial charge in [0.25, 0.3) is 5.91 Å². The first-order valence-corrected chi connectivity index (χ1v) is 8.24. The second kappa shape index (κ2) is 9.04. The third-order valence-corrected chi connectivity index (χ3v) is 4.14. The molecule has 134 valence electrons. The van der Waals surface area contributed by atoms with Gasteiger partial charge in [-0.25, -0.2) is 4.39 Å². The fraction of sp³-hybridized carbons (Fsp3) is 0.278. The molecule has 1 heterocycles. The average Bonchev–Trinajstić information content (AvgIpc) is 2.59. The first-order chi connectivity index (χ1) is 11.6. The number of piperidine rings is 1. The standard InChI is InChI=1S/C18H18ClFN2O2.ClH/c19-12-1-6-17(24-15-4-2-13(20)3-5-15)16(11-12)18(23)22-14-7-9-21-10-8-14;/h1-6,11,14,21H,7-10H2,(H,22,23);1H. The molecule has 0 atom stereocenters. The third-order valence-electron chi connectivity index (χ3n) is 3.90. The minimum absolute atomic E-state index is 0. The van der Waals surface area contributed by atoms with Crippen molar-refractivity contribution < 1.29 is 13.9 Å². The van der Waals surface area contributed by atoms with Crippen LogP contribution in [-0.4, -0.2) is 25.0 Å². The van der Waals surface area contributed by atoms with E-state index in [-0.39, 0.29) is 30.2 Å². The summed E-state index contributed by atoms with van der Waals surface area (Å²) in [5.41, 5.74) is 0.366. The predicted octanol–water partition coefficient (Wildman–Crippen LogP) is 4.18. The first kappa shape index (κ1) is 19.5. The maximum atomic E-state index is 13.0. The van der Waals surface area contributed by atoms with E-state index in [1.54, 1.807) is 18.2 Å². The van der Waals surface area contributed by atoms with Crippen LogP contribution in [0.5, 0.6) is 11.5 Å². The van der Waals surface area contributed by atoms with Crippen molar-refractivity contribution in [2.45, 2.75) is 18.9 Å². The smallest absolute Gasteiger partial charge is 0.255 e. The maximum absolute atomic E-state index is 13.0. The van der Waals surface area contributed by atoms with Crippen molar-refractivity contribution in [1.82, 2.24) is 10.6 Å². The van der Waals surface area contributed by atoms with Gasteiger partial charge in [-0.1, -0.05) is 11.6 Å². The normalized spacial score (nSPS) is 14.5. The molecule has 0 radical (unpaired) electrons. The van der Waals surface area contributed by atoms with Gasteiger partial charge >= 0.3 is 0 Å². The Morgan fingerprint density at radius 2 is 1.84 bits per heavy atom. The summed E-state index contributed by atoms with van der Waals surface area (Å²) in [6, 6.07) is 10.6. The number of rotatable bonds is 4. The Morgan fingerprint density at radius 3 is 2.52 bits per heavy atom. The molecule has 0 aliphatic carbocycles. The van der Waals surface area contributed by atoms with Gasteiger partial charge in [0.2, 0.25) is 0 Å². The second-order valence-corrected chi connectivity index (χ2v) is 6.13. The van der Waals surface area contributed by atoms with Crippen LogP contribution < -0.4 is 15.4 Å². The van der Waals surface area contributed by atoms with Gasteiger partial charge in [0.05, 0.1) is 5.56 Å². The average molecular weight is 385 g/mol. The molecule has 0 spiro atoms. The van der Waals surface area contributed by atoms with Crippen molar-refractivity contribution in [3.63, 3.8) is 0 Å². The molecule has 3 rings (SSSR count). The number of hydrogen-bond acceptors (Lipinski definition) is 3. The summed E-state index contributed by atoms with van der Waals surface area (Å²) in [5.74, 6) is 0.274. The Hall–Kier alpha value is -1.82. The van der Waals surface area contributed by atoms with Crippen LogP contribution in [-0.2, 0) is 0 Å². The molecule has 2 aromatic rings. The number of carbonyl (C=O) groups is 1. The highest BCUT2D eigenvalue weighted by atomic mass is 35.5. The van der Waals surface area contributed by atoms with Crippen LogP contribution in [0, 0.1) is 5.82 Å². The number of hydrogen-bond donors (Lipinski definition) is 2. The van der Waals surface area contributed by atoms with Crippen LogP contribution in [0.15, 0.2) is 42.5 Å². The zero-order chi connectivity index (χ0) is 16.9. The Kier molecular flexibility index (Phi) is 7.05. The molecule has 0 aromatic heterocycles. The minimum Gasteiger partial charge on any atom is -0.457 e. The lowest BCUT2D eigenvalue weighted by Crippen LogP contribution is -2.42. The number of benzene rings is 2. The molecule has 1 aliphatic heterocycles. The van der Waals surface area contributed by atoms with Crippen LogP contribution in [0.1, 0.15) is 23.2 Å². The molecule has 1 aliphatic rings. The van der Waals surface area contributed by atoms with Crippen LogP contribution in [0.2, 0.25) is 5.02 Å². The van der Waals surface area contributed by atoms with E-state index in [0.29, 0.717) is 22.1 Å². The van der Waals surface area contributed by atoms with E-state index < -0.39 is 0 Å². The Balaban J connectivity index is 0.00000225. The summed E-state index contributed by atoms with van der Waals surface area (Å²) < 4.78 is 18.7. The molecular weight excluding hydrogens is 366 g/mol. The number of amides is 1. The van der Waals surface area contributed by atoms with E-state index in [9.17, 15) is 9.18 Å². The minimum atomic E-state index is -0.345. The van der Waals surface area contributed by atoms with Crippen molar-refractivity contribution in [2.24, 2.45) is 0 Å². The zero-order valence-electron chi connectivity index (χ0n) is 13.4. The van der Waals surface area contributed by atoms with Gasteiger partial charge in [0.15, 0.2) is 0 Å². The van der Waals surface area contributed by atoms with Gasteiger partial charge in [0.1, 0.15) is 17.3 Å². The second-order valence-electron chi connectivity index (χ2n) is 5.69. The lowest BCUT2D eigenvalue weighted by molar-refractivity contribution is 0.0927. The summed E-state index contributed by atoms with van der Waals surface area (Å²) >= 11 is 6.03. The summed E-state index contributed by atoms with van der Waals surface area (Å²) in [6.45, 7) is 1.78. The molecule has 7 heteroatoms. The van der Waals surface area contributed by atoms with Crippen LogP contribution in [0.4, 0.5) is 4.39 Å². The van der Waals surface area contributed by atoms with Gasteiger partial charge < -0.3 is 15.4 Å². The monoisotopic (exact) mass is 384 g/mol. The molecule has 0 bridgehead atoms. The van der Waals surface area contributed by atoms with Crippen LogP contribution >= 0.6 is 24.0 Å². The number of halogens is 3. The highest BCUT2D eigenvalue weighted by molar-refractivity contribution is 6.31. The number of nitrogens with one attached hydrogen (secondary N) is 2. The van der Waals surface area contributed by atoms with Crippen LogP contribution in [0.3, 0.4) is 0 Å². The van der Waals surface area contributed by atoms with E-state index in [1.807, 2.05) is 0 Å². The third kappa shape index (κ3) is 5.33. The van der Waals surface area contributed by atoms with Gasteiger partial charge in [-0.05, 0) is 68.4 Å². The molecule has 1 saturated heterocycles. The maximum Gasteiger partial charge on any atom is 0.255 e. The SMILES string of the molecule is Cl.O=C(NC1CCNCC1)c1cc(Cl)ccc1Oc1ccc(F)cc1. The van der Waals surface area contributed by atoms with E-state index in [0.717, 1.165) is 25.9 Å². The highest BCUT2D eigenvalue weighted by Crippen LogP contribution is 2.28. The Labute approximate surface area is 157 Å². The fourth-order valence-corrected chi connectivity index (χ4v) is 2.80. The molecular formula is C18H19Cl2FN2O2. The highest BCUT2D eigenvalue weighted by Gasteiger charge is 2.19. The zero-order valence-corrected chi connectivity index (χ0v) is 15.0. The Bertz CT molecular complexity index is 720. The molecule has 1 amide bonds. The Morgan fingerprint density at radius 1 is 1.16 bits per heavy atom. The first-order valence-electron chi connectivity index (χ1n) is 7.86. The molecule has 1 fully saturated rings. The molecule has 2 aromatic carbocycles. The van der Waals surface area contributed by atoms with Crippen LogP contribution in [0.25, 0.3) is 0 Å². The topological polar surface area (TPSA) is 50.4 Å². The molecule has 4 nitrogen and oxygen atoms in total. The molecule has 2 N–H and O–H groups in total. The van der Waals surface area contributed by atoms with Gasteiger partial charge in [0, 0.05) is 11.1 Å². The quantitative estimate of drug-likeness (QED) is 0.831. The number of carbonyl (C=O) groups excluding carboxylic acids is 1. The van der Waals surface area contributed by atoms with Gasteiger partial charge in [-0.2, -0.15) is 0 Å². The van der Waals surface area contributed by atoms with Crippen molar-refractivity contribution >= 4 is 29.9 Å².